The van der Waals surface area contributed by atoms with Crippen LogP contribution < -0.4 is 5.56 Å². The van der Waals surface area contributed by atoms with E-state index in [1.54, 1.807) is 0 Å². The molecule has 2 atom stereocenters. The monoisotopic (exact) mass is 194 g/mol. The highest BCUT2D eigenvalue weighted by atomic mass is 16.4. The second-order valence-corrected chi connectivity index (χ2v) is 3.64. The van der Waals surface area contributed by atoms with Crippen LogP contribution in [0.3, 0.4) is 0 Å². The molecule has 1 aliphatic carbocycles. The summed E-state index contributed by atoms with van der Waals surface area (Å²) in [5.41, 5.74) is -0.872. The third-order valence-electron chi connectivity index (χ3n) is 2.51. The van der Waals surface area contributed by atoms with Crippen molar-refractivity contribution in [2.45, 2.75) is 19.3 Å². The first-order valence-electron chi connectivity index (χ1n) is 4.42. The smallest absolute Gasteiger partial charge is 0.342 e. The number of carbonyl (C=O) groups is 1. The van der Waals surface area contributed by atoms with Crippen molar-refractivity contribution in [3.05, 3.63) is 27.9 Å². The molecule has 1 heterocycles. The third-order valence-corrected chi connectivity index (χ3v) is 2.51. The average Bonchev–Trinajstić information content (AvgIpc) is 2.81. The van der Waals surface area contributed by atoms with Gasteiger partial charge in [0.2, 0.25) is 0 Å². The molecular weight excluding hydrogens is 184 g/mol. The molecule has 1 fully saturated rings. The zero-order valence-corrected chi connectivity index (χ0v) is 7.65. The maximum absolute atomic E-state index is 11.2. The first-order chi connectivity index (χ1) is 6.59. The lowest BCUT2D eigenvalue weighted by Gasteiger charge is -1.98. The maximum atomic E-state index is 11.2. The van der Waals surface area contributed by atoms with Crippen molar-refractivity contribution in [3.63, 3.8) is 0 Å². The SMILES string of the molecule is CC1CC1c1ncc(C(=O)O)c(=O)[nH]1. The Morgan fingerprint density at radius 2 is 2.36 bits per heavy atom. The minimum absolute atomic E-state index is 0.297. The first-order valence-corrected chi connectivity index (χ1v) is 4.42. The van der Waals surface area contributed by atoms with Gasteiger partial charge in [0.15, 0.2) is 0 Å². The van der Waals surface area contributed by atoms with Gasteiger partial charge in [0.05, 0.1) is 0 Å². The van der Waals surface area contributed by atoms with Gasteiger partial charge in [-0.3, -0.25) is 4.79 Å². The predicted molar refractivity (Wildman–Crippen MR) is 48.3 cm³/mol. The van der Waals surface area contributed by atoms with Gasteiger partial charge in [0.1, 0.15) is 11.4 Å². The second-order valence-electron chi connectivity index (χ2n) is 3.64. The van der Waals surface area contributed by atoms with E-state index in [0.717, 1.165) is 12.6 Å². The number of carboxylic acid groups (broad SMARTS) is 1. The fourth-order valence-electron chi connectivity index (χ4n) is 1.45. The summed E-state index contributed by atoms with van der Waals surface area (Å²) in [5.74, 6) is 0.195. The number of aromatic nitrogens is 2. The lowest BCUT2D eigenvalue weighted by molar-refractivity contribution is 0.0694. The molecule has 2 rings (SSSR count). The van der Waals surface area contributed by atoms with E-state index in [0.29, 0.717) is 17.7 Å². The molecule has 14 heavy (non-hydrogen) atoms. The first kappa shape index (κ1) is 8.93. The van der Waals surface area contributed by atoms with Crippen LogP contribution in [0.4, 0.5) is 0 Å². The zero-order chi connectivity index (χ0) is 10.3. The number of nitrogens with zero attached hydrogens (tertiary/aromatic N) is 1. The Morgan fingerprint density at radius 1 is 1.71 bits per heavy atom. The van der Waals surface area contributed by atoms with Gasteiger partial charge in [-0.05, 0) is 12.3 Å². The van der Waals surface area contributed by atoms with Gasteiger partial charge in [-0.2, -0.15) is 0 Å². The summed E-state index contributed by atoms with van der Waals surface area (Å²) in [7, 11) is 0. The molecule has 0 aliphatic heterocycles. The van der Waals surface area contributed by atoms with Crippen LogP contribution in [0.15, 0.2) is 11.0 Å². The summed E-state index contributed by atoms with van der Waals surface area (Å²) >= 11 is 0. The van der Waals surface area contributed by atoms with Crippen molar-refractivity contribution in [3.8, 4) is 0 Å². The van der Waals surface area contributed by atoms with E-state index < -0.39 is 11.5 Å². The van der Waals surface area contributed by atoms with E-state index in [9.17, 15) is 9.59 Å². The molecule has 0 saturated heterocycles. The molecule has 2 N–H and O–H groups in total. The highest BCUT2D eigenvalue weighted by molar-refractivity contribution is 5.86. The zero-order valence-electron chi connectivity index (χ0n) is 7.65. The molecular formula is C9H10N2O3. The molecule has 0 bridgehead atoms. The van der Waals surface area contributed by atoms with Gasteiger partial charge in [-0.25, -0.2) is 9.78 Å². The molecule has 74 valence electrons. The molecule has 0 aromatic carbocycles. The minimum atomic E-state index is -1.24. The minimum Gasteiger partial charge on any atom is -0.477 e. The normalized spacial score (nSPS) is 24.6. The summed E-state index contributed by atoms with van der Waals surface area (Å²) in [6.45, 7) is 2.07. The highest BCUT2D eigenvalue weighted by Crippen LogP contribution is 2.44. The van der Waals surface area contributed by atoms with Gasteiger partial charge in [0.25, 0.3) is 5.56 Å². The van der Waals surface area contributed by atoms with E-state index in [1.807, 2.05) is 0 Å². The quantitative estimate of drug-likeness (QED) is 0.721. The Bertz CT molecular complexity index is 438. The van der Waals surface area contributed by atoms with E-state index in [2.05, 4.69) is 16.9 Å². The number of carboxylic acids is 1. The maximum Gasteiger partial charge on any atom is 0.342 e. The summed E-state index contributed by atoms with van der Waals surface area (Å²) in [4.78, 5) is 28.2. The fourth-order valence-corrected chi connectivity index (χ4v) is 1.45. The Balaban J connectivity index is 2.36. The summed E-state index contributed by atoms with van der Waals surface area (Å²) < 4.78 is 0. The van der Waals surface area contributed by atoms with Crippen molar-refractivity contribution in [1.82, 2.24) is 9.97 Å². The fraction of sp³-hybridized carbons (Fsp3) is 0.444. The second kappa shape index (κ2) is 2.94. The lowest BCUT2D eigenvalue weighted by atomic mass is 10.3. The van der Waals surface area contributed by atoms with Crippen LogP contribution in [0.2, 0.25) is 0 Å². The summed E-state index contributed by atoms with van der Waals surface area (Å²) in [6.07, 6.45) is 2.14. The summed E-state index contributed by atoms with van der Waals surface area (Å²) in [6, 6.07) is 0. The Hall–Kier alpha value is -1.65. The number of nitrogens with one attached hydrogen (secondary N) is 1. The molecule has 1 aliphatic rings. The summed E-state index contributed by atoms with van der Waals surface area (Å²) in [5, 5.41) is 8.60. The molecule has 2 unspecified atom stereocenters. The van der Waals surface area contributed by atoms with Gasteiger partial charge in [-0.15, -0.1) is 0 Å². The van der Waals surface area contributed by atoms with E-state index in [-0.39, 0.29) is 5.56 Å². The van der Waals surface area contributed by atoms with Crippen LogP contribution in [0.1, 0.15) is 35.4 Å². The number of aromatic amines is 1. The molecule has 1 aromatic rings. The van der Waals surface area contributed by atoms with Crippen molar-refractivity contribution in [2.75, 3.05) is 0 Å². The average molecular weight is 194 g/mol. The van der Waals surface area contributed by atoms with Crippen LogP contribution in [0, 0.1) is 5.92 Å². The van der Waals surface area contributed by atoms with Crippen LogP contribution >= 0.6 is 0 Å². The predicted octanol–water partition coefficient (Wildman–Crippen LogP) is 0.591. The number of aromatic carboxylic acids is 1. The van der Waals surface area contributed by atoms with E-state index >= 15 is 0 Å². The molecule has 5 nitrogen and oxygen atoms in total. The number of hydrogen-bond donors (Lipinski definition) is 2. The van der Waals surface area contributed by atoms with Crippen molar-refractivity contribution >= 4 is 5.97 Å². The molecule has 0 radical (unpaired) electrons. The highest BCUT2D eigenvalue weighted by Gasteiger charge is 2.36. The standard InChI is InChI=1S/C9H10N2O3/c1-4-2-5(4)7-10-3-6(9(13)14)8(12)11-7/h3-5H,2H2,1H3,(H,13,14)(H,10,11,12). The Labute approximate surface area is 79.8 Å². The largest absolute Gasteiger partial charge is 0.477 e. The molecule has 5 heteroatoms. The van der Waals surface area contributed by atoms with Gasteiger partial charge < -0.3 is 10.1 Å². The Kier molecular flexibility index (Phi) is 1.87. The lowest BCUT2D eigenvalue weighted by Crippen LogP contribution is -2.19. The number of hydrogen-bond acceptors (Lipinski definition) is 3. The van der Waals surface area contributed by atoms with Crippen LogP contribution in [-0.4, -0.2) is 21.0 Å². The topological polar surface area (TPSA) is 83.0 Å². The van der Waals surface area contributed by atoms with Gasteiger partial charge in [0, 0.05) is 12.1 Å². The van der Waals surface area contributed by atoms with Crippen molar-refractivity contribution in [1.29, 1.82) is 0 Å². The van der Waals surface area contributed by atoms with Gasteiger partial charge >= 0.3 is 5.97 Å². The Morgan fingerprint density at radius 3 is 2.79 bits per heavy atom. The van der Waals surface area contributed by atoms with E-state index in [1.165, 1.54) is 0 Å². The third kappa shape index (κ3) is 1.41. The van der Waals surface area contributed by atoms with E-state index in [4.69, 9.17) is 5.11 Å². The molecule has 1 saturated carbocycles. The number of H-pyrrole nitrogens is 1. The van der Waals surface area contributed by atoms with Crippen molar-refractivity contribution < 1.29 is 9.90 Å². The van der Waals surface area contributed by atoms with Crippen molar-refractivity contribution in [2.24, 2.45) is 5.92 Å². The van der Waals surface area contributed by atoms with Crippen LogP contribution in [0.5, 0.6) is 0 Å². The molecule has 1 aromatic heterocycles. The van der Waals surface area contributed by atoms with Crippen LogP contribution in [0.25, 0.3) is 0 Å². The van der Waals surface area contributed by atoms with Crippen LogP contribution in [-0.2, 0) is 0 Å². The molecule has 0 spiro atoms. The van der Waals surface area contributed by atoms with Gasteiger partial charge in [-0.1, -0.05) is 6.92 Å². The number of rotatable bonds is 2. The molecule has 0 amide bonds.